The normalized spacial score (nSPS) is 20.1. The summed E-state index contributed by atoms with van der Waals surface area (Å²) in [7, 11) is 0. The van der Waals surface area contributed by atoms with Crippen molar-refractivity contribution in [1.82, 2.24) is 4.90 Å². The van der Waals surface area contributed by atoms with Gasteiger partial charge in [-0.2, -0.15) is 0 Å². The minimum atomic E-state index is -0.744. The van der Waals surface area contributed by atoms with Crippen LogP contribution in [0.15, 0.2) is 18.2 Å². The second-order valence-electron chi connectivity index (χ2n) is 3.86. The molecule has 1 amide bonds. The largest absolute Gasteiger partial charge is 0.508 e. The molecule has 5 heteroatoms. The lowest BCUT2D eigenvalue weighted by Gasteiger charge is -2.15. The molecular formula is C11H12FNO3. The Hall–Kier alpha value is -1.62. The van der Waals surface area contributed by atoms with Gasteiger partial charge in [0.1, 0.15) is 11.6 Å². The number of aliphatic hydroxyl groups excluding tert-OH is 1. The van der Waals surface area contributed by atoms with Crippen LogP contribution in [0.25, 0.3) is 0 Å². The molecule has 86 valence electrons. The maximum absolute atomic E-state index is 13.4. The fourth-order valence-corrected chi connectivity index (χ4v) is 1.77. The average molecular weight is 225 g/mol. The van der Waals surface area contributed by atoms with E-state index in [9.17, 15) is 14.3 Å². The monoisotopic (exact) mass is 225 g/mol. The van der Waals surface area contributed by atoms with Crippen LogP contribution in [0.1, 0.15) is 16.8 Å². The predicted molar refractivity (Wildman–Crippen MR) is 54.6 cm³/mol. The summed E-state index contributed by atoms with van der Waals surface area (Å²) in [6.07, 6.45) is -0.00467. The van der Waals surface area contributed by atoms with Crippen LogP contribution in [0.2, 0.25) is 0 Å². The van der Waals surface area contributed by atoms with Gasteiger partial charge in [0.05, 0.1) is 11.7 Å². The number of β-amino-alcohol motifs (C(OH)–C–C–N with tert-alkyl or cyclic N) is 1. The zero-order chi connectivity index (χ0) is 11.7. The lowest BCUT2D eigenvalue weighted by Crippen LogP contribution is -2.30. The van der Waals surface area contributed by atoms with Crippen molar-refractivity contribution in [1.29, 1.82) is 0 Å². The van der Waals surface area contributed by atoms with E-state index in [1.54, 1.807) is 0 Å². The Kier molecular flexibility index (Phi) is 2.78. The topological polar surface area (TPSA) is 60.8 Å². The smallest absolute Gasteiger partial charge is 0.256 e. The second-order valence-corrected chi connectivity index (χ2v) is 3.86. The van der Waals surface area contributed by atoms with Gasteiger partial charge >= 0.3 is 0 Å². The SMILES string of the molecule is O=C(c1ccc(O)cc1F)N1CC[C@@H](O)C1. The molecule has 0 aromatic heterocycles. The van der Waals surface area contributed by atoms with E-state index in [2.05, 4.69) is 0 Å². The van der Waals surface area contributed by atoms with Gasteiger partial charge in [0, 0.05) is 19.2 Å². The minimum absolute atomic E-state index is 0.0769. The highest BCUT2D eigenvalue weighted by molar-refractivity contribution is 5.94. The van der Waals surface area contributed by atoms with E-state index in [-0.39, 0.29) is 17.9 Å². The molecule has 0 bridgehead atoms. The molecule has 2 N–H and O–H groups in total. The summed E-state index contributed by atoms with van der Waals surface area (Å²) in [5.41, 5.74) is -0.0769. The Balaban J connectivity index is 2.21. The van der Waals surface area contributed by atoms with Gasteiger partial charge in [-0.15, -0.1) is 0 Å². The molecule has 1 aliphatic rings. The van der Waals surface area contributed by atoms with E-state index in [4.69, 9.17) is 5.11 Å². The first-order valence-electron chi connectivity index (χ1n) is 5.04. The molecule has 1 saturated heterocycles. The number of hydrogen-bond acceptors (Lipinski definition) is 3. The molecular weight excluding hydrogens is 213 g/mol. The molecule has 1 atom stereocenters. The van der Waals surface area contributed by atoms with E-state index in [1.807, 2.05) is 0 Å². The number of phenolic OH excluding ortho intramolecular Hbond substituents is 1. The summed E-state index contributed by atoms with van der Waals surface area (Å²) in [6.45, 7) is 0.666. The van der Waals surface area contributed by atoms with Crippen LogP contribution in [-0.2, 0) is 0 Å². The van der Waals surface area contributed by atoms with Crippen molar-refractivity contribution < 1.29 is 19.4 Å². The van der Waals surface area contributed by atoms with E-state index in [1.165, 1.54) is 17.0 Å². The summed E-state index contributed by atoms with van der Waals surface area (Å²) in [5, 5.41) is 18.3. The van der Waals surface area contributed by atoms with Gasteiger partial charge in [-0.05, 0) is 18.6 Å². The molecule has 1 aromatic rings. The number of halogens is 1. The van der Waals surface area contributed by atoms with Gasteiger partial charge in [0.15, 0.2) is 0 Å². The van der Waals surface area contributed by atoms with Gasteiger partial charge < -0.3 is 15.1 Å². The number of rotatable bonds is 1. The first-order valence-corrected chi connectivity index (χ1v) is 5.04. The Bertz CT molecular complexity index is 422. The fourth-order valence-electron chi connectivity index (χ4n) is 1.77. The van der Waals surface area contributed by atoms with Crippen molar-refractivity contribution in [2.45, 2.75) is 12.5 Å². The molecule has 1 heterocycles. The summed E-state index contributed by atoms with van der Waals surface area (Å²) in [6, 6.07) is 3.42. The van der Waals surface area contributed by atoms with Crippen LogP contribution >= 0.6 is 0 Å². The number of nitrogens with zero attached hydrogens (tertiary/aromatic N) is 1. The highest BCUT2D eigenvalue weighted by atomic mass is 19.1. The summed E-state index contributed by atoms with van der Waals surface area (Å²) in [4.78, 5) is 13.2. The lowest BCUT2D eigenvalue weighted by molar-refractivity contribution is 0.0760. The molecule has 0 saturated carbocycles. The Morgan fingerprint density at radius 1 is 1.50 bits per heavy atom. The van der Waals surface area contributed by atoms with E-state index >= 15 is 0 Å². The lowest BCUT2D eigenvalue weighted by atomic mass is 10.2. The number of benzene rings is 1. The van der Waals surface area contributed by atoms with Crippen LogP contribution < -0.4 is 0 Å². The van der Waals surface area contributed by atoms with Gasteiger partial charge in [-0.3, -0.25) is 4.79 Å². The number of amides is 1. The summed E-state index contributed by atoms with van der Waals surface area (Å²) < 4.78 is 13.4. The molecule has 16 heavy (non-hydrogen) atoms. The summed E-state index contributed by atoms with van der Waals surface area (Å²) in [5.74, 6) is -1.41. The Morgan fingerprint density at radius 3 is 2.81 bits per heavy atom. The standard InChI is InChI=1S/C11H12FNO3/c12-10-5-7(14)1-2-9(10)11(16)13-4-3-8(15)6-13/h1-2,5,8,14-15H,3-4,6H2/t8-/m1/s1. The number of carbonyl (C=O) groups is 1. The molecule has 1 aliphatic heterocycles. The molecule has 4 nitrogen and oxygen atoms in total. The number of aliphatic hydroxyl groups is 1. The van der Waals surface area contributed by atoms with Gasteiger partial charge in [0.25, 0.3) is 5.91 Å². The maximum Gasteiger partial charge on any atom is 0.256 e. The third-order valence-corrected chi connectivity index (χ3v) is 2.63. The predicted octanol–water partition coefficient (Wildman–Crippen LogP) is 0.738. The molecule has 0 spiro atoms. The van der Waals surface area contributed by atoms with Crippen LogP contribution in [-0.4, -0.2) is 40.2 Å². The van der Waals surface area contributed by atoms with Gasteiger partial charge in [-0.1, -0.05) is 0 Å². The van der Waals surface area contributed by atoms with Gasteiger partial charge in [0.2, 0.25) is 0 Å². The molecule has 2 rings (SSSR count). The minimum Gasteiger partial charge on any atom is -0.508 e. The van der Waals surface area contributed by atoms with Crippen LogP contribution in [0, 0.1) is 5.82 Å². The fraction of sp³-hybridized carbons (Fsp3) is 0.364. The van der Waals surface area contributed by atoms with Crippen molar-refractivity contribution in [3.05, 3.63) is 29.6 Å². The average Bonchev–Trinajstić information content (AvgIpc) is 2.64. The quantitative estimate of drug-likeness (QED) is 0.741. The second kappa shape index (κ2) is 4.09. The molecule has 1 aromatic carbocycles. The van der Waals surface area contributed by atoms with Crippen molar-refractivity contribution in [2.75, 3.05) is 13.1 Å². The first-order chi connectivity index (χ1) is 7.58. The third-order valence-electron chi connectivity index (χ3n) is 2.63. The first kappa shape index (κ1) is 10.9. The Labute approximate surface area is 91.9 Å². The highest BCUT2D eigenvalue weighted by Crippen LogP contribution is 2.19. The van der Waals surface area contributed by atoms with E-state index < -0.39 is 17.8 Å². The Morgan fingerprint density at radius 2 is 2.25 bits per heavy atom. The third kappa shape index (κ3) is 1.99. The summed E-state index contributed by atoms with van der Waals surface area (Å²) >= 11 is 0. The number of likely N-dealkylation sites (tertiary alicyclic amines) is 1. The van der Waals surface area contributed by atoms with Crippen LogP contribution in [0.5, 0.6) is 5.75 Å². The number of carbonyl (C=O) groups excluding carboxylic acids is 1. The number of hydrogen-bond donors (Lipinski definition) is 2. The van der Waals surface area contributed by atoms with E-state index in [0.717, 1.165) is 6.07 Å². The van der Waals surface area contributed by atoms with Gasteiger partial charge in [-0.25, -0.2) is 4.39 Å². The maximum atomic E-state index is 13.4. The highest BCUT2D eigenvalue weighted by Gasteiger charge is 2.26. The molecule has 0 aliphatic carbocycles. The van der Waals surface area contributed by atoms with Crippen molar-refractivity contribution >= 4 is 5.91 Å². The zero-order valence-corrected chi connectivity index (χ0v) is 8.56. The van der Waals surface area contributed by atoms with E-state index in [0.29, 0.717) is 13.0 Å². The van der Waals surface area contributed by atoms with Crippen molar-refractivity contribution in [2.24, 2.45) is 0 Å². The van der Waals surface area contributed by atoms with Crippen molar-refractivity contribution in [3.63, 3.8) is 0 Å². The van der Waals surface area contributed by atoms with Crippen LogP contribution in [0.3, 0.4) is 0 Å². The van der Waals surface area contributed by atoms with Crippen LogP contribution in [0.4, 0.5) is 4.39 Å². The molecule has 0 unspecified atom stereocenters. The zero-order valence-electron chi connectivity index (χ0n) is 8.56. The molecule has 1 fully saturated rings. The number of phenols is 1. The molecule has 0 radical (unpaired) electrons. The number of aromatic hydroxyl groups is 1. The van der Waals surface area contributed by atoms with Crippen molar-refractivity contribution in [3.8, 4) is 5.75 Å².